The predicted molar refractivity (Wildman–Crippen MR) is 129 cm³/mol. The fourth-order valence-electron chi connectivity index (χ4n) is 3.86. The van der Waals surface area contributed by atoms with Gasteiger partial charge in [-0.1, -0.05) is 43.3 Å². The van der Waals surface area contributed by atoms with Gasteiger partial charge in [0.1, 0.15) is 5.75 Å². The van der Waals surface area contributed by atoms with Crippen LogP contribution in [0.4, 0.5) is 5.69 Å². The van der Waals surface area contributed by atoms with E-state index in [-0.39, 0.29) is 5.91 Å². The van der Waals surface area contributed by atoms with E-state index in [9.17, 15) is 4.79 Å². The molecule has 0 saturated carbocycles. The second-order valence-electron chi connectivity index (χ2n) is 7.94. The van der Waals surface area contributed by atoms with Crippen molar-refractivity contribution in [3.8, 4) is 5.75 Å². The zero-order chi connectivity index (χ0) is 21.5. The highest BCUT2D eigenvalue weighted by atomic mass is 32.2. The van der Waals surface area contributed by atoms with Crippen molar-refractivity contribution in [1.29, 1.82) is 0 Å². The van der Waals surface area contributed by atoms with Crippen molar-refractivity contribution in [3.63, 3.8) is 0 Å². The summed E-state index contributed by atoms with van der Waals surface area (Å²) in [7, 11) is 0. The van der Waals surface area contributed by atoms with Crippen molar-refractivity contribution in [2.24, 2.45) is 0 Å². The Bertz CT molecular complexity index is 1000. The first-order valence-corrected chi connectivity index (χ1v) is 12.1. The van der Waals surface area contributed by atoms with E-state index in [0.29, 0.717) is 6.42 Å². The van der Waals surface area contributed by atoms with Crippen LogP contribution in [0.2, 0.25) is 0 Å². The average molecular weight is 432 g/mol. The van der Waals surface area contributed by atoms with Crippen LogP contribution in [0, 0.1) is 0 Å². The molecule has 0 aromatic heterocycles. The SMILES string of the molecule is CC[C@@H](Oc1ccc2c(c1)CCCC2)C(=O)Nc1ccc(CSc2ccccc2)cc1. The van der Waals surface area contributed by atoms with Crippen molar-refractivity contribution < 1.29 is 9.53 Å². The fraction of sp³-hybridized carbons (Fsp3) is 0.296. The summed E-state index contributed by atoms with van der Waals surface area (Å²) in [6.07, 6.45) is 4.85. The highest BCUT2D eigenvalue weighted by Gasteiger charge is 2.19. The van der Waals surface area contributed by atoms with Crippen LogP contribution in [0.1, 0.15) is 42.9 Å². The third-order valence-electron chi connectivity index (χ3n) is 5.63. The van der Waals surface area contributed by atoms with Crippen molar-refractivity contribution in [3.05, 3.63) is 89.5 Å². The van der Waals surface area contributed by atoms with Gasteiger partial charge in [-0.15, -0.1) is 11.8 Å². The Balaban J connectivity index is 1.33. The number of rotatable bonds is 8. The topological polar surface area (TPSA) is 38.3 Å². The molecule has 0 aliphatic heterocycles. The second kappa shape index (κ2) is 10.5. The number of thioether (sulfide) groups is 1. The van der Waals surface area contributed by atoms with Gasteiger partial charge in [-0.3, -0.25) is 4.79 Å². The van der Waals surface area contributed by atoms with Crippen molar-refractivity contribution in [2.75, 3.05) is 5.32 Å². The molecule has 1 aliphatic rings. The molecular formula is C27H29NO2S. The Morgan fingerprint density at radius 2 is 1.71 bits per heavy atom. The standard InChI is InChI=1S/C27H29NO2S/c1-2-26(30-24-17-14-21-8-6-7-9-22(21)18-24)27(29)28-23-15-12-20(13-16-23)19-31-25-10-4-3-5-11-25/h3-5,10-18,26H,2,6-9,19H2,1H3,(H,28,29)/t26-/m1/s1. The monoisotopic (exact) mass is 431 g/mol. The summed E-state index contributed by atoms with van der Waals surface area (Å²) in [4.78, 5) is 14.0. The number of amides is 1. The molecule has 0 radical (unpaired) electrons. The average Bonchev–Trinajstić information content (AvgIpc) is 2.82. The lowest BCUT2D eigenvalue weighted by atomic mass is 9.92. The summed E-state index contributed by atoms with van der Waals surface area (Å²) in [5.74, 6) is 1.58. The van der Waals surface area contributed by atoms with Crippen LogP contribution in [0.5, 0.6) is 5.75 Å². The van der Waals surface area contributed by atoms with Crippen LogP contribution >= 0.6 is 11.8 Å². The predicted octanol–water partition coefficient (Wildman–Crippen LogP) is 6.65. The van der Waals surface area contributed by atoms with Gasteiger partial charge in [0.05, 0.1) is 0 Å². The second-order valence-corrected chi connectivity index (χ2v) is 8.99. The molecule has 1 aliphatic carbocycles. The van der Waals surface area contributed by atoms with E-state index in [1.54, 1.807) is 11.8 Å². The van der Waals surface area contributed by atoms with E-state index in [0.717, 1.165) is 30.0 Å². The number of benzene rings is 3. The van der Waals surface area contributed by atoms with Crippen LogP contribution in [0.3, 0.4) is 0 Å². The van der Waals surface area contributed by atoms with E-state index in [4.69, 9.17) is 4.74 Å². The number of hydrogen-bond acceptors (Lipinski definition) is 3. The normalized spacial score (nSPS) is 13.8. The maximum Gasteiger partial charge on any atom is 0.265 e. The molecule has 0 bridgehead atoms. The van der Waals surface area contributed by atoms with E-state index in [1.807, 2.05) is 31.2 Å². The molecule has 4 heteroatoms. The van der Waals surface area contributed by atoms with Crippen LogP contribution in [0.15, 0.2) is 77.7 Å². The number of carbonyl (C=O) groups is 1. The maximum atomic E-state index is 12.8. The van der Waals surface area contributed by atoms with Crippen molar-refractivity contribution in [1.82, 2.24) is 0 Å². The molecular weight excluding hydrogens is 402 g/mol. The summed E-state index contributed by atoms with van der Waals surface area (Å²) in [6, 6.07) is 24.7. The largest absolute Gasteiger partial charge is 0.481 e. The highest BCUT2D eigenvalue weighted by molar-refractivity contribution is 7.98. The zero-order valence-electron chi connectivity index (χ0n) is 18.0. The molecule has 31 heavy (non-hydrogen) atoms. The Hall–Kier alpha value is -2.72. The maximum absolute atomic E-state index is 12.8. The van der Waals surface area contributed by atoms with Gasteiger partial charge >= 0.3 is 0 Å². The molecule has 0 spiro atoms. The number of anilines is 1. The molecule has 3 nitrogen and oxygen atoms in total. The summed E-state index contributed by atoms with van der Waals surface area (Å²) < 4.78 is 6.06. The van der Waals surface area contributed by atoms with Gasteiger partial charge in [0.15, 0.2) is 6.10 Å². The lowest BCUT2D eigenvalue weighted by Crippen LogP contribution is -2.32. The first-order chi connectivity index (χ1) is 15.2. The Morgan fingerprint density at radius 3 is 2.45 bits per heavy atom. The summed E-state index contributed by atoms with van der Waals surface area (Å²) in [5.41, 5.74) is 4.81. The molecule has 160 valence electrons. The first kappa shape index (κ1) is 21.5. The smallest absolute Gasteiger partial charge is 0.265 e. The Kier molecular flexibility index (Phi) is 7.31. The number of nitrogens with one attached hydrogen (secondary N) is 1. The lowest BCUT2D eigenvalue weighted by molar-refractivity contribution is -0.122. The number of fused-ring (bicyclic) bond motifs is 1. The Morgan fingerprint density at radius 1 is 0.968 bits per heavy atom. The zero-order valence-corrected chi connectivity index (χ0v) is 18.8. The van der Waals surface area contributed by atoms with E-state index >= 15 is 0 Å². The number of aryl methyl sites for hydroxylation is 2. The van der Waals surface area contributed by atoms with Crippen LogP contribution < -0.4 is 10.1 Å². The molecule has 0 saturated heterocycles. The third kappa shape index (κ3) is 5.92. The van der Waals surface area contributed by atoms with Gasteiger partial charge in [-0.25, -0.2) is 0 Å². The summed E-state index contributed by atoms with van der Waals surface area (Å²) >= 11 is 1.81. The minimum absolute atomic E-state index is 0.105. The van der Waals surface area contributed by atoms with Crippen molar-refractivity contribution >= 4 is 23.4 Å². The molecule has 0 fully saturated rings. The van der Waals surface area contributed by atoms with Crippen LogP contribution in [-0.4, -0.2) is 12.0 Å². The molecule has 1 amide bonds. The van der Waals surface area contributed by atoms with Gasteiger partial charge in [-0.2, -0.15) is 0 Å². The lowest BCUT2D eigenvalue weighted by Gasteiger charge is -2.20. The molecule has 4 rings (SSSR count). The molecule has 0 unspecified atom stereocenters. The van der Waals surface area contributed by atoms with Crippen LogP contribution in [0.25, 0.3) is 0 Å². The summed E-state index contributed by atoms with van der Waals surface area (Å²) in [5, 5.41) is 3.01. The fourth-order valence-corrected chi connectivity index (χ4v) is 4.74. The molecule has 1 N–H and O–H groups in total. The van der Waals surface area contributed by atoms with Gasteiger partial charge in [-0.05, 0) is 85.2 Å². The van der Waals surface area contributed by atoms with Gasteiger partial charge in [0.2, 0.25) is 0 Å². The number of carbonyl (C=O) groups excluding carboxylic acids is 1. The number of hydrogen-bond donors (Lipinski definition) is 1. The minimum atomic E-state index is -0.505. The van der Waals surface area contributed by atoms with E-state index in [1.165, 1.54) is 34.4 Å². The quantitative estimate of drug-likeness (QED) is 0.406. The third-order valence-corrected chi connectivity index (χ3v) is 6.71. The Labute approximate surface area is 189 Å². The van der Waals surface area contributed by atoms with Crippen LogP contribution in [-0.2, 0) is 23.4 Å². The first-order valence-electron chi connectivity index (χ1n) is 11.1. The number of ether oxygens (including phenoxy) is 1. The minimum Gasteiger partial charge on any atom is -0.481 e. The van der Waals surface area contributed by atoms with Crippen molar-refractivity contribution in [2.45, 2.75) is 55.8 Å². The molecule has 3 aromatic rings. The summed E-state index contributed by atoms with van der Waals surface area (Å²) in [6.45, 7) is 1.98. The molecule has 0 heterocycles. The highest BCUT2D eigenvalue weighted by Crippen LogP contribution is 2.27. The van der Waals surface area contributed by atoms with E-state index < -0.39 is 6.10 Å². The van der Waals surface area contributed by atoms with Gasteiger partial charge in [0.25, 0.3) is 5.91 Å². The molecule has 3 aromatic carbocycles. The molecule has 1 atom stereocenters. The van der Waals surface area contributed by atoms with Gasteiger partial charge < -0.3 is 10.1 Å². The van der Waals surface area contributed by atoms with E-state index in [2.05, 4.69) is 53.8 Å². The van der Waals surface area contributed by atoms with Gasteiger partial charge in [0, 0.05) is 16.3 Å².